The number of aliphatic hydroxyl groups is 1. The van der Waals surface area contributed by atoms with Gasteiger partial charge in [0.05, 0.1) is 5.92 Å². The van der Waals surface area contributed by atoms with Gasteiger partial charge in [-0.15, -0.1) is 0 Å². The van der Waals surface area contributed by atoms with E-state index in [1.165, 1.54) is 0 Å². The van der Waals surface area contributed by atoms with Crippen LogP contribution in [0, 0.1) is 0 Å². The number of aliphatic hydroxyl groups excluding tert-OH is 1. The van der Waals surface area contributed by atoms with Crippen LogP contribution in [0.1, 0.15) is 24.3 Å². The van der Waals surface area contributed by atoms with Crippen molar-refractivity contribution in [2.75, 3.05) is 18.4 Å². The third-order valence-electron chi connectivity index (χ3n) is 3.40. The van der Waals surface area contributed by atoms with Gasteiger partial charge >= 0.3 is 5.97 Å². The fourth-order valence-corrected chi connectivity index (χ4v) is 2.32. The van der Waals surface area contributed by atoms with Crippen molar-refractivity contribution in [1.82, 2.24) is 5.32 Å². The number of carboxylic acids is 1. The van der Waals surface area contributed by atoms with Gasteiger partial charge in [-0.25, -0.2) is 4.79 Å². The molecule has 0 saturated carbocycles. The first-order valence-corrected chi connectivity index (χ1v) is 6.61. The molecule has 0 aromatic heterocycles. The van der Waals surface area contributed by atoms with Crippen LogP contribution in [-0.4, -0.2) is 41.3 Å². The van der Waals surface area contributed by atoms with Crippen molar-refractivity contribution in [2.45, 2.75) is 24.9 Å². The maximum Gasteiger partial charge on any atom is 0.332 e. The molecule has 108 valence electrons. The molecule has 1 unspecified atom stereocenters. The van der Waals surface area contributed by atoms with Crippen LogP contribution in [0.25, 0.3) is 0 Å². The highest BCUT2D eigenvalue weighted by Gasteiger charge is 2.26. The Morgan fingerprint density at radius 3 is 2.90 bits per heavy atom. The van der Waals surface area contributed by atoms with Crippen molar-refractivity contribution in [2.24, 2.45) is 0 Å². The number of carbonyl (C=O) groups excluding carboxylic acids is 1. The molecule has 2 atom stereocenters. The second-order valence-electron chi connectivity index (χ2n) is 4.79. The number of hydrogen-bond donors (Lipinski definition) is 4. The Morgan fingerprint density at radius 2 is 2.15 bits per heavy atom. The summed E-state index contributed by atoms with van der Waals surface area (Å²) >= 11 is 0. The van der Waals surface area contributed by atoms with Crippen LogP contribution in [-0.2, 0) is 9.59 Å². The van der Waals surface area contributed by atoms with Crippen molar-refractivity contribution in [1.29, 1.82) is 0 Å². The number of amides is 1. The second kappa shape index (κ2) is 6.38. The number of aliphatic carboxylic acids is 1. The molecule has 6 heteroatoms. The fraction of sp³-hybridized carbons (Fsp3) is 0.429. The van der Waals surface area contributed by atoms with E-state index in [9.17, 15) is 9.59 Å². The number of carboxylic acid groups (broad SMARTS) is 1. The van der Waals surface area contributed by atoms with Crippen LogP contribution in [0.2, 0.25) is 0 Å². The van der Waals surface area contributed by atoms with E-state index in [0.29, 0.717) is 6.42 Å². The van der Waals surface area contributed by atoms with E-state index < -0.39 is 12.1 Å². The minimum absolute atomic E-state index is 0.00763. The highest BCUT2D eigenvalue weighted by atomic mass is 16.4. The zero-order chi connectivity index (χ0) is 14.5. The molecule has 0 aliphatic carbocycles. The van der Waals surface area contributed by atoms with Crippen LogP contribution < -0.4 is 10.6 Å². The summed E-state index contributed by atoms with van der Waals surface area (Å²) in [5, 5.41) is 23.6. The SMILES string of the molecule is O=C(NCC[C@H](O)C(=O)O)C1CCNc2ccccc21. The Labute approximate surface area is 116 Å². The van der Waals surface area contributed by atoms with Crippen LogP contribution in [0.3, 0.4) is 0 Å². The lowest BCUT2D eigenvalue weighted by Crippen LogP contribution is -2.35. The molecule has 1 heterocycles. The van der Waals surface area contributed by atoms with Gasteiger partial charge in [-0.2, -0.15) is 0 Å². The number of nitrogens with one attached hydrogen (secondary N) is 2. The molecule has 0 bridgehead atoms. The first-order chi connectivity index (χ1) is 9.59. The van der Waals surface area contributed by atoms with Crippen molar-refractivity contribution < 1.29 is 19.8 Å². The highest BCUT2D eigenvalue weighted by molar-refractivity contribution is 5.86. The number of anilines is 1. The van der Waals surface area contributed by atoms with Gasteiger partial charge in [-0.05, 0) is 18.1 Å². The summed E-state index contributed by atoms with van der Waals surface area (Å²) in [6.45, 7) is 0.880. The normalized spacial score (nSPS) is 18.6. The molecule has 2 rings (SSSR count). The number of benzene rings is 1. The number of hydrogen-bond acceptors (Lipinski definition) is 4. The van der Waals surface area contributed by atoms with Gasteiger partial charge in [0.1, 0.15) is 0 Å². The summed E-state index contributed by atoms with van der Waals surface area (Å²) in [7, 11) is 0. The number of para-hydroxylation sites is 1. The smallest absolute Gasteiger partial charge is 0.332 e. The van der Waals surface area contributed by atoms with Crippen LogP contribution in [0.15, 0.2) is 24.3 Å². The third-order valence-corrected chi connectivity index (χ3v) is 3.40. The van der Waals surface area contributed by atoms with E-state index in [1.807, 2.05) is 24.3 Å². The van der Waals surface area contributed by atoms with E-state index in [4.69, 9.17) is 10.2 Å². The fourth-order valence-electron chi connectivity index (χ4n) is 2.32. The number of rotatable bonds is 5. The lowest BCUT2D eigenvalue weighted by Gasteiger charge is -2.25. The zero-order valence-corrected chi connectivity index (χ0v) is 11.0. The van der Waals surface area contributed by atoms with Gasteiger partial charge in [0.15, 0.2) is 6.10 Å². The lowest BCUT2D eigenvalue weighted by molar-refractivity contribution is -0.147. The van der Waals surface area contributed by atoms with E-state index in [2.05, 4.69) is 10.6 Å². The molecule has 0 saturated heterocycles. The Morgan fingerprint density at radius 1 is 1.40 bits per heavy atom. The summed E-state index contributed by atoms with van der Waals surface area (Å²) in [6.07, 6.45) is -0.728. The Bertz CT molecular complexity index is 504. The topological polar surface area (TPSA) is 98.7 Å². The first kappa shape index (κ1) is 14.3. The molecule has 1 amide bonds. The summed E-state index contributed by atoms with van der Waals surface area (Å²) in [4.78, 5) is 22.6. The average Bonchev–Trinajstić information content (AvgIpc) is 2.46. The van der Waals surface area contributed by atoms with E-state index >= 15 is 0 Å². The standard InChI is InChI=1S/C14H18N2O4/c17-12(14(19)20)6-8-16-13(18)10-5-7-15-11-4-2-1-3-9(10)11/h1-4,10,12,15,17H,5-8H2,(H,16,18)(H,19,20)/t10?,12-/m0/s1. The number of fused-ring (bicyclic) bond motifs is 1. The maximum atomic E-state index is 12.1. The molecular formula is C14H18N2O4. The van der Waals surface area contributed by atoms with E-state index in [0.717, 1.165) is 17.8 Å². The van der Waals surface area contributed by atoms with Crippen molar-refractivity contribution >= 4 is 17.6 Å². The van der Waals surface area contributed by atoms with Crippen molar-refractivity contribution in [3.63, 3.8) is 0 Å². The Hall–Kier alpha value is -2.08. The molecule has 1 aliphatic rings. The average molecular weight is 278 g/mol. The van der Waals surface area contributed by atoms with E-state index in [-0.39, 0.29) is 24.8 Å². The molecule has 1 aromatic carbocycles. The van der Waals surface area contributed by atoms with Gasteiger partial charge in [0.25, 0.3) is 0 Å². The van der Waals surface area contributed by atoms with Crippen LogP contribution >= 0.6 is 0 Å². The molecule has 20 heavy (non-hydrogen) atoms. The predicted molar refractivity (Wildman–Crippen MR) is 73.6 cm³/mol. The molecule has 0 fully saturated rings. The molecule has 1 aromatic rings. The third kappa shape index (κ3) is 3.27. The first-order valence-electron chi connectivity index (χ1n) is 6.61. The largest absolute Gasteiger partial charge is 0.479 e. The van der Waals surface area contributed by atoms with Crippen molar-refractivity contribution in [3.05, 3.63) is 29.8 Å². The number of carbonyl (C=O) groups is 2. The van der Waals surface area contributed by atoms with Crippen LogP contribution in [0.5, 0.6) is 0 Å². The minimum Gasteiger partial charge on any atom is -0.479 e. The van der Waals surface area contributed by atoms with Gasteiger partial charge in [-0.1, -0.05) is 18.2 Å². The van der Waals surface area contributed by atoms with Gasteiger partial charge in [0.2, 0.25) is 5.91 Å². The van der Waals surface area contributed by atoms with Crippen molar-refractivity contribution in [3.8, 4) is 0 Å². The maximum absolute atomic E-state index is 12.1. The summed E-state index contributed by atoms with van der Waals surface area (Å²) in [5.41, 5.74) is 1.92. The summed E-state index contributed by atoms with van der Waals surface area (Å²) in [6, 6.07) is 7.65. The molecule has 0 radical (unpaired) electrons. The molecule has 0 spiro atoms. The highest BCUT2D eigenvalue weighted by Crippen LogP contribution is 2.31. The Balaban J connectivity index is 1.92. The molecule has 1 aliphatic heterocycles. The quantitative estimate of drug-likeness (QED) is 0.630. The van der Waals surface area contributed by atoms with Gasteiger partial charge < -0.3 is 20.8 Å². The van der Waals surface area contributed by atoms with Gasteiger partial charge in [0, 0.05) is 25.2 Å². The minimum atomic E-state index is -1.43. The second-order valence-corrected chi connectivity index (χ2v) is 4.79. The lowest BCUT2D eigenvalue weighted by atomic mass is 9.90. The summed E-state index contributed by atoms with van der Waals surface area (Å²) in [5.74, 6) is -1.63. The Kier molecular flexibility index (Phi) is 4.57. The molecular weight excluding hydrogens is 260 g/mol. The van der Waals surface area contributed by atoms with Gasteiger partial charge in [-0.3, -0.25) is 4.79 Å². The van der Waals surface area contributed by atoms with E-state index in [1.54, 1.807) is 0 Å². The molecule has 6 nitrogen and oxygen atoms in total. The summed E-state index contributed by atoms with van der Waals surface area (Å²) < 4.78 is 0. The van der Waals surface area contributed by atoms with Crippen LogP contribution in [0.4, 0.5) is 5.69 Å². The molecule has 4 N–H and O–H groups in total. The monoisotopic (exact) mass is 278 g/mol. The predicted octanol–water partition coefficient (Wildman–Crippen LogP) is 0.538. The zero-order valence-electron chi connectivity index (χ0n) is 11.0.